The summed E-state index contributed by atoms with van der Waals surface area (Å²) in [4.78, 5) is 25.5. The van der Waals surface area contributed by atoms with Gasteiger partial charge in [-0.2, -0.15) is 0 Å². The molecule has 8 nitrogen and oxygen atoms in total. The first-order chi connectivity index (χ1) is 14.1. The van der Waals surface area contributed by atoms with Crippen LogP contribution in [0.1, 0.15) is 40.2 Å². The van der Waals surface area contributed by atoms with Gasteiger partial charge in [0.25, 0.3) is 0 Å². The van der Waals surface area contributed by atoms with Gasteiger partial charge in [0.05, 0.1) is 31.2 Å². The van der Waals surface area contributed by atoms with E-state index in [1.54, 1.807) is 26.8 Å². The van der Waals surface area contributed by atoms with Gasteiger partial charge in [0.2, 0.25) is 5.60 Å². The highest BCUT2D eigenvalue weighted by molar-refractivity contribution is 6.06. The van der Waals surface area contributed by atoms with E-state index in [1.807, 2.05) is 6.92 Å². The fourth-order valence-electron chi connectivity index (χ4n) is 3.81. The van der Waals surface area contributed by atoms with Gasteiger partial charge in [-0.05, 0) is 46.2 Å². The Morgan fingerprint density at radius 2 is 2.03 bits per heavy atom. The molecule has 1 aromatic heterocycles. The number of carbonyl (C=O) groups excluding carboxylic acids is 2. The highest BCUT2D eigenvalue weighted by atomic mass is 16.8. The molecular formula is C22H28O8. The Hall–Kier alpha value is -2.18. The lowest BCUT2D eigenvalue weighted by Gasteiger charge is -2.34. The molecule has 2 aliphatic rings. The maximum atomic E-state index is 12.8. The number of ether oxygens (including phenoxy) is 5. The minimum atomic E-state index is -1.85. The third kappa shape index (κ3) is 3.91. The Labute approximate surface area is 176 Å². The molecule has 8 heteroatoms. The van der Waals surface area contributed by atoms with E-state index in [1.165, 1.54) is 19.5 Å². The van der Waals surface area contributed by atoms with Gasteiger partial charge >= 0.3 is 5.97 Å². The van der Waals surface area contributed by atoms with E-state index in [4.69, 9.17) is 34.5 Å². The van der Waals surface area contributed by atoms with E-state index in [0.29, 0.717) is 5.56 Å². The molecule has 2 saturated heterocycles. The van der Waals surface area contributed by atoms with Crippen molar-refractivity contribution in [3.05, 3.63) is 24.2 Å². The zero-order valence-electron chi connectivity index (χ0n) is 17.9. The zero-order valence-corrected chi connectivity index (χ0v) is 17.9. The van der Waals surface area contributed by atoms with Gasteiger partial charge in [0.1, 0.15) is 12.2 Å². The van der Waals surface area contributed by atoms with Gasteiger partial charge < -0.3 is 28.1 Å². The molecule has 0 saturated carbocycles. The van der Waals surface area contributed by atoms with Crippen LogP contribution in [0.25, 0.3) is 0 Å². The minimum absolute atomic E-state index is 0.0377. The van der Waals surface area contributed by atoms with E-state index in [2.05, 4.69) is 5.92 Å². The van der Waals surface area contributed by atoms with Crippen LogP contribution in [0.4, 0.5) is 0 Å². The molecule has 2 aliphatic heterocycles. The molecule has 3 heterocycles. The fourth-order valence-corrected chi connectivity index (χ4v) is 3.81. The lowest BCUT2D eigenvalue weighted by Crippen LogP contribution is -2.53. The van der Waals surface area contributed by atoms with Crippen LogP contribution in [0, 0.1) is 17.8 Å². The third-order valence-corrected chi connectivity index (χ3v) is 5.62. The van der Waals surface area contributed by atoms with Gasteiger partial charge in [-0.25, -0.2) is 4.79 Å². The van der Waals surface area contributed by atoms with Crippen LogP contribution in [-0.2, 0) is 39.7 Å². The number of esters is 1. The average molecular weight is 420 g/mol. The number of Topliss-reactive ketones (excluding diaryl/α,β-unsaturated/α-hetero) is 1. The highest BCUT2D eigenvalue weighted by Crippen LogP contribution is 2.48. The second-order valence-corrected chi connectivity index (χ2v) is 8.20. The predicted molar refractivity (Wildman–Crippen MR) is 104 cm³/mol. The Morgan fingerprint density at radius 1 is 1.30 bits per heavy atom. The Kier molecular flexibility index (Phi) is 6.12. The molecule has 0 bridgehead atoms. The molecule has 30 heavy (non-hydrogen) atoms. The summed E-state index contributed by atoms with van der Waals surface area (Å²) in [6, 6.07) is 1.66. The average Bonchev–Trinajstić information content (AvgIpc) is 3.35. The molecule has 164 valence electrons. The SMILES string of the molecule is C#C[C@@]1(C)[C@@H](COC(Cc2ccoc2)(C(C)=O)C(=O)OCC)O[C@@H]2OC(C)(C)O[C@@H]21. The smallest absolute Gasteiger partial charge is 0.346 e. The second-order valence-electron chi connectivity index (χ2n) is 8.20. The van der Waals surface area contributed by atoms with Crippen LogP contribution < -0.4 is 0 Å². The topological polar surface area (TPSA) is 93.4 Å². The summed E-state index contributed by atoms with van der Waals surface area (Å²) in [6.45, 7) is 8.30. The van der Waals surface area contributed by atoms with E-state index in [-0.39, 0.29) is 19.6 Å². The quantitative estimate of drug-likeness (QED) is 0.359. The molecule has 0 spiro atoms. The van der Waals surface area contributed by atoms with Crippen LogP contribution in [0.15, 0.2) is 23.0 Å². The lowest BCUT2D eigenvalue weighted by molar-refractivity contribution is -0.224. The number of carbonyl (C=O) groups is 2. The molecule has 5 atom stereocenters. The molecule has 1 unspecified atom stereocenters. The maximum absolute atomic E-state index is 12.8. The number of ketones is 1. The first kappa shape index (κ1) is 22.5. The van der Waals surface area contributed by atoms with Crippen molar-refractivity contribution in [2.24, 2.45) is 5.41 Å². The second kappa shape index (κ2) is 8.16. The van der Waals surface area contributed by atoms with Gasteiger partial charge in [-0.15, -0.1) is 6.42 Å². The van der Waals surface area contributed by atoms with Crippen molar-refractivity contribution in [2.75, 3.05) is 13.2 Å². The first-order valence-corrected chi connectivity index (χ1v) is 9.90. The third-order valence-electron chi connectivity index (χ3n) is 5.62. The minimum Gasteiger partial charge on any atom is -0.472 e. The number of hydrogen-bond acceptors (Lipinski definition) is 8. The number of terminal acetylenes is 1. The zero-order chi connectivity index (χ0) is 22.2. The van der Waals surface area contributed by atoms with Crippen molar-refractivity contribution in [1.29, 1.82) is 0 Å². The molecule has 0 amide bonds. The van der Waals surface area contributed by atoms with E-state index >= 15 is 0 Å². The normalized spacial score (nSPS) is 31.5. The van der Waals surface area contributed by atoms with E-state index in [9.17, 15) is 9.59 Å². The van der Waals surface area contributed by atoms with Crippen molar-refractivity contribution >= 4 is 11.8 Å². The van der Waals surface area contributed by atoms with E-state index in [0.717, 1.165) is 0 Å². The van der Waals surface area contributed by atoms with Crippen molar-refractivity contribution in [1.82, 2.24) is 0 Å². The first-order valence-electron chi connectivity index (χ1n) is 9.90. The Balaban J connectivity index is 1.84. The lowest BCUT2D eigenvalue weighted by atomic mass is 9.81. The van der Waals surface area contributed by atoms with Crippen LogP contribution in [-0.4, -0.2) is 54.9 Å². The van der Waals surface area contributed by atoms with Gasteiger partial charge in [-0.1, -0.05) is 5.92 Å². The largest absolute Gasteiger partial charge is 0.472 e. The Bertz CT molecular complexity index is 823. The molecular weight excluding hydrogens is 392 g/mol. The number of fused-ring (bicyclic) bond motifs is 1. The summed E-state index contributed by atoms with van der Waals surface area (Å²) in [7, 11) is 0. The summed E-state index contributed by atoms with van der Waals surface area (Å²) in [6.07, 6.45) is 6.86. The van der Waals surface area contributed by atoms with Crippen molar-refractivity contribution < 1.29 is 37.7 Å². The summed E-state index contributed by atoms with van der Waals surface area (Å²) in [5, 5.41) is 0. The summed E-state index contributed by atoms with van der Waals surface area (Å²) < 4.78 is 33.9. The molecule has 0 aromatic carbocycles. The standard InChI is InChI=1S/C22H28O8/c1-7-21(6)16(28-18-17(21)29-20(4,5)30-18)13-27-22(14(3)23,19(24)26-8-2)11-15-9-10-25-12-15/h1,9-10,12,16-18H,8,11,13H2,2-6H3/t16-,17+,18-,21+,22?/m1/s1. The van der Waals surface area contributed by atoms with Crippen LogP contribution >= 0.6 is 0 Å². The maximum Gasteiger partial charge on any atom is 0.346 e. The molecule has 0 radical (unpaired) electrons. The van der Waals surface area contributed by atoms with Gasteiger partial charge in [0.15, 0.2) is 17.9 Å². The molecule has 1 aromatic rings. The van der Waals surface area contributed by atoms with E-state index < -0.39 is 47.1 Å². The van der Waals surface area contributed by atoms with Crippen molar-refractivity contribution in [3.8, 4) is 12.3 Å². The molecule has 0 N–H and O–H groups in total. The molecule has 3 rings (SSSR count). The van der Waals surface area contributed by atoms with Crippen LogP contribution in [0.5, 0.6) is 0 Å². The number of rotatable bonds is 8. The Morgan fingerprint density at radius 3 is 2.60 bits per heavy atom. The van der Waals surface area contributed by atoms with Crippen LogP contribution in [0.3, 0.4) is 0 Å². The van der Waals surface area contributed by atoms with Crippen LogP contribution in [0.2, 0.25) is 0 Å². The fraction of sp³-hybridized carbons (Fsp3) is 0.636. The van der Waals surface area contributed by atoms with Crippen molar-refractivity contribution in [2.45, 2.75) is 70.9 Å². The number of hydrogen-bond donors (Lipinski definition) is 0. The predicted octanol–water partition coefficient (Wildman–Crippen LogP) is 2.25. The summed E-state index contributed by atoms with van der Waals surface area (Å²) in [5.74, 6) is 0.654. The van der Waals surface area contributed by atoms with Gasteiger partial charge in [0, 0.05) is 6.42 Å². The molecule has 0 aliphatic carbocycles. The van der Waals surface area contributed by atoms with Crippen molar-refractivity contribution in [3.63, 3.8) is 0 Å². The summed E-state index contributed by atoms with van der Waals surface area (Å²) in [5.41, 5.74) is -2.11. The number of furan rings is 1. The highest BCUT2D eigenvalue weighted by Gasteiger charge is 2.61. The monoisotopic (exact) mass is 420 g/mol. The van der Waals surface area contributed by atoms with Gasteiger partial charge in [-0.3, -0.25) is 4.79 Å². The molecule has 2 fully saturated rings. The summed E-state index contributed by atoms with van der Waals surface area (Å²) >= 11 is 0.